The highest BCUT2D eigenvalue weighted by atomic mass is 32.1. The lowest BCUT2D eigenvalue weighted by molar-refractivity contribution is 0.0699. The van der Waals surface area contributed by atoms with Crippen LogP contribution in [0.5, 0.6) is 0 Å². The number of aromatic nitrogens is 4. The van der Waals surface area contributed by atoms with Crippen LogP contribution in [0.4, 0.5) is 0 Å². The zero-order chi connectivity index (χ0) is 17.2. The molecule has 1 saturated heterocycles. The van der Waals surface area contributed by atoms with Gasteiger partial charge in [-0.15, -0.1) is 11.3 Å². The first kappa shape index (κ1) is 16.2. The SMILES string of the molecule is CCCc1nc2cccnc2n1C1CCN(C(=O)c2cncs2)CC1. The zero-order valence-electron chi connectivity index (χ0n) is 14.3. The molecule has 1 aliphatic heterocycles. The molecule has 6 nitrogen and oxygen atoms in total. The number of nitrogens with zero attached hydrogens (tertiary/aromatic N) is 5. The molecule has 0 aromatic carbocycles. The normalized spacial score (nSPS) is 15.8. The summed E-state index contributed by atoms with van der Waals surface area (Å²) in [5.41, 5.74) is 3.65. The van der Waals surface area contributed by atoms with E-state index in [0.717, 1.165) is 60.6 Å². The number of thiazole rings is 1. The number of carbonyl (C=O) groups excluding carboxylic acids is 1. The van der Waals surface area contributed by atoms with Gasteiger partial charge in [-0.3, -0.25) is 9.78 Å². The molecule has 4 heterocycles. The Morgan fingerprint density at radius 2 is 2.20 bits per heavy atom. The molecular weight excluding hydrogens is 334 g/mol. The van der Waals surface area contributed by atoms with Crippen molar-refractivity contribution in [2.24, 2.45) is 0 Å². The molecule has 3 aromatic rings. The molecule has 0 aliphatic carbocycles. The highest BCUT2D eigenvalue weighted by molar-refractivity contribution is 7.11. The van der Waals surface area contributed by atoms with Crippen molar-refractivity contribution < 1.29 is 4.79 Å². The summed E-state index contributed by atoms with van der Waals surface area (Å²) < 4.78 is 2.31. The number of amides is 1. The number of piperidine rings is 1. The largest absolute Gasteiger partial charge is 0.338 e. The monoisotopic (exact) mass is 355 g/mol. The zero-order valence-corrected chi connectivity index (χ0v) is 15.1. The second-order valence-electron chi connectivity index (χ2n) is 6.38. The van der Waals surface area contributed by atoms with Crippen LogP contribution in [0.1, 0.15) is 47.7 Å². The van der Waals surface area contributed by atoms with Crippen LogP contribution in [0.25, 0.3) is 11.2 Å². The first-order valence-electron chi connectivity index (χ1n) is 8.77. The smallest absolute Gasteiger partial charge is 0.265 e. The fourth-order valence-electron chi connectivity index (χ4n) is 3.56. The van der Waals surface area contributed by atoms with Crippen molar-refractivity contribution in [3.63, 3.8) is 0 Å². The quantitative estimate of drug-likeness (QED) is 0.720. The summed E-state index contributed by atoms with van der Waals surface area (Å²) in [4.78, 5) is 28.5. The first-order valence-corrected chi connectivity index (χ1v) is 9.65. The summed E-state index contributed by atoms with van der Waals surface area (Å²) in [5, 5.41) is 0. The van der Waals surface area contributed by atoms with Crippen molar-refractivity contribution in [1.82, 2.24) is 24.4 Å². The van der Waals surface area contributed by atoms with E-state index in [1.807, 2.05) is 23.2 Å². The van der Waals surface area contributed by atoms with E-state index in [1.165, 1.54) is 11.3 Å². The third kappa shape index (κ3) is 3.04. The average Bonchev–Trinajstić information content (AvgIpc) is 3.29. The van der Waals surface area contributed by atoms with E-state index in [4.69, 9.17) is 4.98 Å². The number of pyridine rings is 1. The van der Waals surface area contributed by atoms with Crippen molar-refractivity contribution in [2.75, 3.05) is 13.1 Å². The third-order valence-electron chi connectivity index (χ3n) is 4.76. The molecule has 25 heavy (non-hydrogen) atoms. The average molecular weight is 355 g/mol. The third-order valence-corrected chi connectivity index (χ3v) is 5.52. The fourth-order valence-corrected chi connectivity index (χ4v) is 4.15. The molecule has 130 valence electrons. The van der Waals surface area contributed by atoms with Crippen LogP contribution >= 0.6 is 11.3 Å². The number of carbonyl (C=O) groups is 1. The van der Waals surface area contributed by atoms with Gasteiger partial charge in [-0.25, -0.2) is 9.97 Å². The van der Waals surface area contributed by atoms with E-state index in [1.54, 1.807) is 11.7 Å². The van der Waals surface area contributed by atoms with Gasteiger partial charge in [0.15, 0.2) is 5.65 Å². The number of rotatable bonds is 4. The van der Waals surface area contributed by atoms with Gasteiger partial charge >= 0.3 is 0 Å². The number of aryl methyl sites for hydroxylation is 1. The summed E-state index contributed by atoms with van der Waals surface area (Å²) in [5.74, 6) is 1.21. The van der Waals surface area contributed by atoms with Gasteiger partial charge in [-0.05, 0) is 31.4 Å². The van der Waals surface area contributed by atoms with Crippen LogP contribution in [0.3, 0.4) is 0 Å². The Balaban J connectivity index is 1.55. The van der Waals surface area contributed by atoms with Crippen LogP contribution < -0.4 is 0 Å². The topological polar surface area (TPSA) is 63.9 Å². The van der Waals surface area contributed by atoms with Crippen molar-refractivity contribution in [3.8, 4) is 0 Å². The van der Waals surface area contributed by atoms with E-state index in [0.29, 0.717) is 6.04 Å². The molecule has 0 spiro atoms. The second kappa shape index (κ2) is 6.92. The molecule has 1 amide bonds. The van der Waals surface area contributed by atoms with Crippen LogP contribution in [0.15, 0.2) is 30.0 Å². The number of hydrogen-bond donors (Lipinski definition) is 0. The van der Waals surface area contributed by atoms with Crippen molar-refractivity contribution >= 4 is 28.4 Å². The van der Waals surface area contributed by atoms with Gasteiger partial charge in [-0.2, -0.15) is 0 Å². The Kier molecular flexibility index (Phi) is 4.48. The second-order valence-corrected chi connectivity index (χ2v) is 7.27. The molecule has 1 fully saturated rings. The molecule has 0 N–H and O–H groups in total. The highest BCUT2D eigenvalue weighted by Gasteiger charge is 2.27. The summed E-state index contributed by atoms with van der Waals surface area (Å²) in [6.07, 6.45) is 7.37. The maximum absolute atomic E-state index is 12.5. The lowest BCUT2D eigenvalue weighted by atomic mass is 10.0. The van der Waals surface area contributed by atoms with Crippen LogP contribution in [-0.2, 0) is 6.42 Å². The lowest BCUT2D eigenvalue weighted by Crippen LogP contribution is -2.39. The number of hydrogen-bond acceptors (Lipinski definition) is 5. The molecular formula is C18H21N5OS. The summed E-state index contributed by atoms with van der Waals surface area (Å²) in [6.45, 7) is 3.70. The van der Waals surface area contributed by atoms with E-state index in [-0.39, 0.29) is 5.91 Å². The molecule has 0 radical (unpaired) electrons. The van der Waals surface area contributed by atoms with Gasteiger partial charge in [-0.1, -0.05) is 6.92 Å². The van der Waals surface area contributed by atoms with Gasteiger partial charge in [0.1, 0.15) is 16.2 Å². The molecule has 1 aliphatic rings. The van der Waals surface area contributed by atoms with Crippen LogP contribution in [0, 0.1) is 0 Å². The van der Waals surface area contributed by atoms with Gasteiger partial charge in [0.25, 0.3) is 5.91 Å². The standard InChI is InChI=1S/C18H21N5OS/c1-2-4-16-21-14-5-3-8-20-17(14)23(16)13-6-9-22(10-7-13)18(24)15-11-19-12-25-15/h3,5,8,11-13H,2,4,6-7,9-10H2,1H3. The molecule has 0 atom stereocenters. The van der Waals surface area contributed by atoms with E-state index < -0.39 is 0 Å². The minimum absolute atomic E-state index is 0.100. The molecule has 7 heteroatoms. The van der Waals surface area contributed by atoms with Crippen molar-refractivity contribution in [2.45, 2.75) is 38.6 Å². The van der Waals surface area contributed by atoms with Crippen LogP contribution in [0.2, 0.25) is 0 Å². The van der Waals surface area contributed by atoms with Crippen molar-refractivity contribution in [1.29, 1.82) is 0 Å². The van der Waals surface area contributed by atoms with Gasteiger partial charge in [0, 0.05) is 31.7 Å². The van der Waals surface area contributed by atoms with Gasteiger partial charge in [0.2, 0.25) is 0 Å². The fraction of sp³-hybridized carbons (Fsp3) is 0.444. The summed E-state index contributed by atoms with van der Waals surface area (Å²) >= 11 is 1.41. The van der Waals surface area contributed by atoms with Gasteiger partial charge < -0.3 is 9.47 Å². The minimum Gasteiger partial charge on any atom is -0.338 e. The highest BCUT2D eigenvalue weighted by Crippen LogP contribution is 2.29. The Morgan fingerprint density at radius 1 is 1.36 bits per heavy atom. The number of imidazole rings is 1. The van der Waals surface area contributed by atoms with Crippen LogP contribution in [-0.4, -0.2) is 43.4 Å². The Hall–Kier alpha value is -2.28. The Morgan fingerprint density at radius 3 is 2.92 bits per heavy atom. The Labute approximate surface area is 150 Å². The minimum atomic E-state index is 0.100. The summed E-state index contributed by atoms with van der Waals surface area (Å²) in [6, 6.07) is 4.32. The maximum atomic E-state index is 12.5. The number of fused-ring (bicyclic) bond motifs is 1. The number of likely N-dealkylation sites (tertiary alicyclic amines) is 1. The van der Waals surface area contributed by atoms with E-state index in [2.05, 4.69) is 21.5 Å². The lowest BCUT2D eigenvalue weighted by Gasteiger charge is -2.33. The molecule has 0 unspecified atom stereocenters. The Bertz CT molecular complexity index is 865. The molecule has 0 bridgehead atoms. The van der Waals surface area contributed by atoms with Crippen molar-refractivity contribution in [3.05, 3.63) is 40.7 Å². The molecule has 3 aromatic heterocycles. The predicted molar refractivity (Wildman–Crippen MR) is 97.8 cm³/mol. The van der Waals surface area contributed by atoms with E-state index >= 15 is 0 Å². The molecule has 0 saturated carbocycles. The summed E-state index contributed by atoms with van der Waals surface area (Å²) in [7, 11) is 0. The first-order chi connectivity index (χ1) is 12.3. The van der Waals surface area contributed by atoms with Gasteiger partial charge in [0.05, 0.1) is 11.7 Å². The predicted octanol–water partition coefficient (Wildman–Crippen LogP) is 3.32. The van der Waals surface area contributed by atoms with E-state index in [9.17, 15) is 4.79 Å². The molecule has 4 rings (SSSR count). The maximum Gasteiger partial charge on any atom is 0.265 e.